The van der Waals surface area contributed by atoms with E-state index < -0.39 is 11.9 Å². The highest BCUT2D eigenvalue weighted by molar-refractivity contribution is 9.10. The number of hydrogen-bond acceptors (Lipinski definition) is 3. The Labute approximate surface area is 131 Å². The molecule has 1 atom stereocenters. The van der Waals surface area contributed by atoms with Crippen LogP contribution in [0.3, 0.4) is 0 Å². The molecule has 0 amide bonds. The summed E-state index contributed by atoms with van der Waals surface area (Å²) >= 11 is 3.40. The van der Waals surface area contributed by atoms with E-state index in [1.807, 2.05) is 36.4 Å². The number of carbonyl (C=O) groups is 1. The van der Waals surface area contributed by atoms with Crippen molar-refractivity contribution in [3.05, 3.63) is 58.2 Å². The SMILES string of the molecule is COc1cccc(CC(Cc2cccc(Br)c2)C(=O)O)n1. The van der Waals surface area contributed by atoms with Gasteiger partial charge in [-0.1, -0.05) is 34.1 Å². The number of pyridine rings is 1. The van der Waals surface area contributed by atoms with E-state index in [1.54, 1.807) is 13.2 Å². The lowest BCUT2D eigenvalue weighted by Crippen LogP contribution is -2.19. The number of halogens is 1. The van der Waals surface area contributed by atoms with Crippen molar-refractivity contribution < 1.29 is 14.6 Å². The van der Waals surface area contributed by atoms with E-state index in [0.29, 0.717) is 18.7 Å². The zero-order valence-corrected chi connectivity index (χ0v) is 13.2. The molecule has 21 heavy (non-hydrogen) atoms. The Morgan fingerprint density at radius 3 is 2.71 bits per heavy atom. The summed E-state index contributed by atoms with van der Waals surface area (Å²) in [5, 5.41) is 9.42. The Balaban J connectivity index is 2.13. The maximum atomic E-state index is 11.5. The Kier molecular flexibility index (Phi) is 5.33. The summed E-state index contributed by atoms with van der Waals surface area (Å²) in [4.78, 5) is 15.8. The molecule has 1 aromatic carbocycles. The second kappa shape index (κ2) is 7.22. The molecule has 0 radical (unpaired) electrons. The van der Waals surface area contributed by atoms with E-state index in [4.69, 9.17) is 4.74 Å². The molecule has 5 heteroatoms. The van der Waals surface area contributed by atoms with E-state index in [-0.39, 0.29) is 0 Å². The second-order valence-corrected chi connectivity index (χ2v) is 5.66. The minimum Gasteiger partial charge on any atom is -0.481 e. The number of nitrogens with zero attached hydrogens (tertiary/aromatic N) is 1. The zero-order chi connectivity index (χ0) is 15.2. The van der Waals surface area contributed by atoms with Crippen molar-refractivity contribution in [1.29, 1.82) is 0 Å². The fourth-order valence-corrected chi connectivity index (χ4v) is 2.58. The molecule has 2 rings (SSSR count). The first kappa shape index (κ1) is 15.5. The fourth-order valence-electron chi connectivity index (χ4n) is 2.13. The molecule has 1 aromatic heterocycles. The van der Waals surface area contributed by atoms with Gasteiger partial charge in [-0.2, -0.15) is 0 Å². The zero-order valence-electron chi connectivity index (χ0n) is 11.6. The Bertz CT molecular complexity index is 630. The molecule has 0 aliphatic rings. The van der Waals surface area contributed by atoms with Gasteiger partial charge in [-0.05, 0) is 30.2 Å². The monoisotopic (exact) mass is 349 g/mol. The number of methoxy groups -OCH3 is 1. The highest BCUT2D eigenvalue weighted by atomic mass is 79.9. The molecule has 0 aliphatic carbocycles. The third kappa shape index (κ3) is 4.56. The third-order valence-corrected chi connectivity index (χ3v) is 3.66. The van der Waals surface area contributed by atoms with Crippen molar-refractivity contribution in [2.75, 3.05) is 7.11 Å². The van der Waals surface area contributed by atoms with Crippen LogP contribution in [0.25, 0.3) is 0 Å². The van der Waals surface area contributed by atoms with Gasteiger partial charge in [0.15, 0.2) is 0 Å². The molecule has 0 spiro atoms. The van der Waals surface area contributed by atoms with Gasteiger partial charge >= 0.3 is 5.97 Å². The normalized spacial score (nSPS) is 11.9. The molecule has 2 aromatic rings. The van der Waals surface area contributed by atoms with E-state index in [2.05, 4.69) is 20.9 Å². The molecule has 0 bridgehead atoms. The molecular formula is C16H16BrNO3. The number of aliphatic carboxylic acids is 1. The number of rotatable bonds is 6. The van der Waals surface area contributed by atoms with Gasteiger partial charge in [0.1, 0.15) is 0 Å². The lowest BCUT2D eigenvalue weighted by Gasteiger charge is -2.13. The van der Waals surface area contributed by atoms with Crippen molar-refractivity contribution >= 4 is 21.9 Å². The van der Waals surface area contributed by atoms with Crippen LogP contribution in [0.15, 0.2) is 46.9 Å². The van der Waals surface area contributed by atoms with Crippen molar-refractivity contribution in [2.24, 2.45) is 5.92 Å². The van der Waals surface area contributed by atoms with Crippen molar-refractivity contribution in [1.82, 2.24) is 4.98 Å². The Morgan fingerprint density at radius 2 is 2.05 bits per heavy atom. The Morgan fingerprint density at radius 1 is 1.29 bits per heavy atom. The van der Waals surface area contributed by atoms with Gasteiger partial charge in [-0.25, -0.2) is 4.98 Å². The van der Waals surface area contributed by atoms with Gasteiger partial charge in [0, 0.05) is 22.7 Å². The van der Waals surface area contributed by atoms with Gasteiger partial charge in [-0.3, -0.25) is 4.79 Å². The van der Waals surface area contributed by atoms with Crippen molar-refractivity contribution in [2.45, 2.75) is 12.8 Å². The molecule has 0 aliphatic heterocycles. The average molecular weight is 350 g/mol. The standard InChI is InChI=1S/C16H16BrNO3/c1-21-15-7-3-6-14(18-15)10-12(16(19)20)8-11-4-2-5-13(17)9-11/h2-7,9,12H,8,10H2,1H3,(H,19,20). The minimum absolute atomic E-state index is 0.374. The van der Waals surface area contributed by atoms with Gasteiger partial charge in [0.05, 0.1) is 13.0 Å². The van der Waals surface area contributed by atoms with Gasteiger partial charge in [0.25, 0.3) is 0 Å². The highest BCUT2D eigenvalue weighted by Crippen LogP contribution is 2.19. The Hall–Kier alpha value is -1.88. The van der Waals surface area contributed by atoms with Gasteiger partial charge < -0.3 is 9.84 Å². The minimum atomic E-state index is -0.820. The first-order valence-corrected chi connectivity index (χ1v) is 7.35. The fraction of sp³-hybridized carbons (Fsp3) is 0.250. The first-order valence-electron chi connectivity index (χ1n) is 6.55. The second-order valence-electron chi connectivity index (χ2n) is 4.74. The summed E-state index contributed by atoms with van der Waals surface area (Å²) in [6, 6.07) is 13.1. The first-order chi connectivity index (χ1) is 10.1. The lowest BCUT2D eigenvalue weighted by atomic mass is 9.94. The summed E-state index contributed by atoms with van der Waals surface area (Å²) < 4.78 is 6.01. The highest BCUT2D eigenvalue weighted by Gasteiger charge is 2.19. The van der Waals surface area contributed by atoms with Crippen molar-refractivity contribution in [3.8, 4) is 5.88 Å². The van der Waals surface area contributed by atoms with Crippen LogP contribution in [0.1, 0.15) is 11.3 Å². The van der Waals surface area contributed by atoms with Crippen LogP contribution in [-0.2, 0) is 17.6 Å². The quantitative estimate of drug-likeness (QED) is 0.868. The smallest absolute Gasteiger partial charge is 0.307 e. The molecule has 1 heterocycles. The van der Waals surface area contributed by atoms with Crippen molar-refractivity contribution in [3.63, 3.8) is 0 Å². The van der Waals surface area contributed by atoms with Gasteiger partial charge in [0.2, 0.25) is 5.88 Å². The molecule has 0 saturated heterocycles. The molecule has 1 unspecified atom stereocenters. The summed E-state index contributed by atoms with van der Waals surface area (Å²) in [7, 11) is 1.54. The largest absolute Gasteiger partial charge is 0.481 e. The molecule has 110 valence electrons. The molecule has 0 saturated carbocycles. The third-order valence-electron chi connectivity index (χ3n) is 3.17. The number of ether oxygens (including phenoxy) is 1. The molecule has 1 N–H and O–H groups in total. The average Bonchev–Trinajstić information content (AvgIpc) is 2.47. The van der Waals surface area contributed by atoms with Crippen LogP contribution in [0, 0.1) is 5.92 Å². The maximum absolute atomic E-state index is 11.5. The molecule has 4 nitrogen and oxygen atoms in total. The van der Waals surface area contributed by atoms with Gasteiger partial charge in [-0.15, -0.1) is 0 Å². The van der Waals surface area contributed by atoms with Crippen LogP contribution in [0.5, 0.6) is 5.88 Å². The molecular weight excluding hydrogens is 334 g/mol. The number of benzene rings is 1. The van der Waals surface area contributed by atoms with E-state index in [1.165, 1.54) is 0 Å². The predicted octanol–water partition coefficient (Wildman–Crippen LogP) is 3.34. The predicted molar refractivity (Wildman–Crippen MR) is 83.5 cm³/mol. The summed E-state index contributed by atoms with van der Waals surface area (Å²) in [6.07, 6.45) is 0.840. The topological polar surface area (TPSA) is 59.4 Å². The van der Waals surface area contributed by atoms with Crippen LogP contribution in [0.2, 0.25) is 0 Å². The number of aromatic nitrogens is 1. The number of carboxylic acid groups (broad SMARTS) is 1. The van der Waals surface area contributed by atoms with E-state index >= 15 is 0 Å². The molecule has 0 fully saturated rings. The van der Waals surface area contributed by atoms with Crippen LogP contribution in [-0.4, -0.2) is 23.2 Å². The van der Waals surface area contributed by atoms with Crippen LogP contribution >= 0.6 is 15.9 Å². The summed E-state index contributed by atoms with van der Waals surface area (Å²) in [6.45, 7) is 0. The summed E-state index contributed by atoms with van der Waals surface area (Å²) in [5.41, 5.74) is 1.71. The van der Waals surface area contributed by atoms with E-state index in [9.17, 15) is 9.90 Å². The van der Waals surface area contributed by atoms with Crippen LogP contribution in [0.4, 0.5) is 0 Å². The maximum Gasteiger partial charge on any atom is 0.307 e. The van der Waals surface area contributed by atoms with Crippen LogP contribution < -0.4 is 4.74 Å². The van der Waals surface area contributed by atoms with E-state index in [0.717, 1.165) is 15.7 Å². The summed E-state index contributed by atoms with van der Waals surface area (Å²) in [5.74, 6) is -0.836. The number of hydrogen-bond donors (Lipinski definition) is 1. The number of carboxylic acids is 1. The lowest BCUT2D eigenvalue weighted by molar-refractivity contribution is -0.141.